The lowest BCUT2D eigenvalue weighted by atomic mass is 9.97. The van der Waals surface area contributed by atoms with Gasteiger partial charge in [0.05, 0.1) is 0 Å². The van der Waals surface area contributed by atoms with Gasteiger partial charge in [0, 0.05) is 18.5 Å². The monoisotopic (exact) mass is 197 g/mol. The molecule has 1 fully saturated rings. The molecule has 0 aliphatic carbocycles. The molecule has 0 aromatic carbocycles. The van der Waals surface area contributed by atoms with Gasteiger partial charge in [0.1, 0.15) is 0 Å². The molecule has 0 N–H and O–H groups in total. The number of nitrogens with zero attached hydrogens (tertiary/aromatic N) is 1. The molecule has 2 heteroatoms. The molecule has 1 rings (SSSR count). The van der Waals surface area contributed by atoms with Gasteiger partial charge in [0.2, 0.25) is 5.91 Å². The third-order valence-corrected chi connectivity index (χ3v) is 3.07. The molecule has 1 aliphatic heterocycles. The number of likely N-dealkylation sites (tertiary alicyclic amines) is 1. The third-order valence-electron chi connectivity index (χ3n) is 3.07. The average Bonchev–Trinajstić information content (AvgIpc) is 2.43. The first kappa shape index (κ1) is 11.5. The fourth-order valence-electron chi connectivity index (χ4n) is 2.08. The average molecular weight is 197 g/mol. The first-order valence-corrected chi connectivity index (χ1v) is 5.82. The van der Waals surface area contributed by atoms with Crippen LogP contribution in [0.4, 0.5) is 0 Å². The maximum absolute atomic E-state index is 11.9. The lowest BCUT2D eigenvalue weighted by Gasteiger charge is -2.21. The normalized spacial score (nSPS) is 22.9. The van der Waals surface area contributed by atoms with E-state index in [-0.39, 0.29) is 0 Å². The molecule has 1 atom stereocenters. The first-order valence-electron chi connectivity index (χ1n) is 5.82. The van der Waals surface area contributed by atoms with Gasteiger partial charge in [0.15, 0.2) is 0 Å². The quantitative estimate of drug-likeness (QED) is 0.678. The van der Waals surface area contributed by atoms with Gasteiger partial charge in [-0.2, -0.15) is 0 Å². The zero-order valence-corrected chi connectivity index (χ0v) is 9.92. The van der Waals surface area contributed by atoms with Gasteiger partial charge in [-0.3, -0.25) is 4.79 Å². The highest BCUT2D eigenvalue weighted by Gasteiger charge is 2.32. The second-order valence-corrected chi connectivity index (χ2v) is 5.08. The van der Waals surface area contributed by atoms with Gasteiger partial charge in [-0.25, -0.2) is 0 Å². The van der Waals surface area contributed by atoms with Crippen LogP contribution in [0, 0.1) is 11.8 Å². The number of rotatable bonds is 4. The Morgan fingerprint density at radius 3 is 2.43 bits per heavy atom. The number of hydrogen-bond donors (Lipinski definition) is 0. The molecule has 1 amide bonds. The number of carbonyl (C=O) groups is 1. The van der Waals surface area contributed by atoms with E-state index >= 15 is 0 Å². The maximum Gasteiger partial charge on any atom is 0.225 e. The Kier molecular flexibility index (Phi) is 3.97. The van der Waals surface area contributed by atoms with E-state index in [1.54, 1.807) is 0 Å². The van der Waals surface area contributed by atoms with Gasteiger partial charge in [-0.15, -0.1) is 0 Å². The highest BCUT2D eigenvalue weighted by molar-refractivity contribution is 5.81. The zero-order chi connectivity index (χ0) is 10.7. The van der Waals surface area contributed by atoms with Crippen molar-refractivity contribution in [2.75, 3.05) is 6.54 Å². The third kappa shape index (κ3) is 2.73. The van der Waals surface area contributed by atoms with Crippen molar-refractivity contribution in [3.05, 3.63) is 0 Å². The van der Waals surface area contributed by atoms with Crippen LogP contribution in [0.2, 0.25) is 0 Å². The van der Waals surface area contributed by atoms with E-state index in [2.05, 4.69) is 27.7 Å². The molecule has 2 nitrogen and oxygen atoms in total. The van der Waals surface area contributed by atoms with E-state index in [9.17, 15) is 4.79 Å². The van der Waals surface area contributed by atoms with E-state index in [4.69, 9.17) is 0 Å². The van der Waals surface area contributed by atoms with Gasteiger partial charge in [-0.05, 0) is 32.6 Å². The zero-order valence-electron chi connectivity index (χ0n) is 9.92. The summed E-state index contributed by atoms with van der Waals surface area (Å²) in [4.78, 5) is 13.9. The van der Waals surface area contributed by atoms with Gasteiger partial charge in [0.25, 0.3) is 0 Å². The van der Waals surface area contributed by atoms with Gasteiger partial charge in [-0.1, -0.05) is 20.3 Å². The molecule has 1 saturated heterocycles. The highest BCUT2D eigenvalue weighted by Crippen LogP contribution is 2.25. The second-order valence-electron chi connectivity index (χ2n) is 5.08. The number of hydrogen-bond acceptors (Lipinski definition) is 1. The summed E-state index contributed by atoms with van der Waals surface area (Å²) < 4.78 is 0. The Labute approximate surface area is 87.7 Å². The van der Waals surface area contributed by atoms with Crippen molar-refractivity contribution in [2.45, 2.75) is 53.0 Å². The second kappa shape index (κ2) is 4.81. The van der Waals surface area contributed by atoms with Crippen LogP contribution in [0.1, 0.15) is 47.0 Å². The van der Waals surface area contributed by atoms with Crippen molar-refractivity contribution in [1.29, 1.82) is 0 Å². The van der Waals surface area contributed by atoms with Crippen molar-refractivity contribution in [3.63, 3.8) is 0 Å². The van der Waals surface area contributed by atoms with Crippen molar-refractivity contribution < 1.29 is 4.79 Å². The van der Waals surface area contributed by atoms with Gasteiger partial charge < -0.3 is 4.90 Å². The standard InChI is InChI=1S/C12H23NO/c1-9(2)5-6-11-7-8-13(10(3)4)12(11)14/h9-11H,5-8H2,1-4H3/t11-/m0/s1. The SMILES string of the molecule is CC(C)CC[C@H]1CCN(C(C)C)C1=O. The minimum absolute atomic E-state index is 0.319. The fraction of sp³-hybridized carbons (Fsp3) is 0.917. The summed E-state index contributed by atoms with van der Waals surface area (Å²) in [6.45, 7) is 9.62. The number of carbonyl (C=O) groups excluding carboxylic acids is 1. The topological polar surface area (TPSA) is 20.3 Å². The van der Waals surface area contributed by atoms with Crippen LogP contribution in [-0.4, -0.2) is 23.4 Å². The molecular formula is C12H23NO. The Morgan fingerprint density at radius 1 is 1.36 bits per heavy atom. The maximum atomic E-state index is 11.9. The summed E-state index contributed by atoms with van der Waals surface area (Å²) in [6, 6.07) is 0.381. The predicted molar refractivity (Wildman–Crippen MR) is 59.0 cm³/mol. The molecule has 1 aliphatic rings. The molecule has 14 heavy (non-hydrogen) atoms. The molecule has 0 aromatic heterocycles. The summed E-state index contributed by atoms with van der Waals surface area (Å²) in [7, 11) is 0. The lowest BCUT2D eigenvalue weighted by molar-refractivity contribution is -0.132. The minimum atomic E-state index is 0.319. The van der Waals surface area contributed by atoms with Crippen LogP contribution < -0.4 is 0 Å². The fourth-order valence-corrected chi connectivity index (χ4v) is 2.08. The summed E-state index contributed by atoms with van der Waals surface area (Å²) in [5, 5.41) is 0. The van der Waals surface area contributed by atoms with Crippen molar-refractivity contribution in [3.8, 4) is 0 Å². The summed E-state index contributed by atoms with van der Waals surface area (Å²) in [6.07, 6.45) is 3.34. The smallest absolute Gasteiger partial charge is 0.225 e. The molecule has 82 valence electrons. The van der Waals surface area contributed by atoms with Crippen molar-refractivity contribution in [1.82, 2.24) is 4.90 Å². The van der Waals surface area contributed by atoms with E-state index < -0.39 is 0 Å². The van der Waals surface area contributed by atoms with Crippen molar-refractivity contribution in [2.24, 2.45) is 11.8 Å². The van der Waals surface area contributed by atoms with Crippen LogP contribution in [-0.2, 0) is 4.79 Å². The Hall–Kier alpha value is -0.530. The first-order chi connectivity index (χ1) is 6.52. The molecule has 0 spiro atoms. The van der Waals surface area contributed by atoms with Crippen LogP contribution in [0.15, 0.2) is 0 Å². The van der Waals surface area contributed by atoms with E-state index in [0.717, 1.165) is 25.3 Å². The molecule has 0 radical (unpaired) electrons. The molecule has 0 bridgehead atoms. The molecule has 0 aromatic rings. The molecule has 0 saturated carbocycles. The molecular weight excluding hydrogens is 174 g/mol. The van der Waals surface area contributed by atoms with Crippen molar-refractivity contribution >= 4 is 5.91 Å². The van der Waals surface area contributed by atoms with E-state index in [1.807, 2.05) is 4.90 Å². The number of amides is 1. The largest absolute Gasteiger partial charge is 0.340 e. The minimum Gasteiger partial charge on any atom is -0.340 e. The van der Waals surface area contributed by atoms with Crippen LogP contribution in [0.25, 0.3) is 0 Å². The van der Waals surface area contributed by atoms with Crippen LogP contribution in [0.5, 0.6) is 0 Å². The Bertz CT molecular complexity index is 198. The predicted octanol–water partition coefficient (Wildman–Crippen LogP) is 2.68. The Morgan fingerprint density at radius 2 is 2.00 bits per heavy atom. The summed E-state index contributed by atoms with van der Waals surface area (Å²) in [5.41, 5.74) is 0. The highest BCUT2D eigenvalue weighted by atomic mass is 16.2. The molecule has 1 heterocycles. The van der Waals surface area contributed by atoms with Crippen LogP contribution >= 0.6 is 0 Å². The van der Waals surface area contributed by atoms with E-state index in [1.165, 1.54) is 6.42 Å². The molecule has 0 unspecified atom stereocenters. The van der Waals surface area contributed by atoms with Gasteiger partial charge >= 0.3 is 0 Å². The lowest BCUT2D eigenvalue weighted by Crippen LogP contribution is -2.33. The summed E-state index contributed by atoms with van der Waals surface area (Å²) >= 11 is 0. The van der Waals surface area contributed by atoms with E-state index in [0.29, 0.717) is 17.9 Å². The Balaban J connectivity index is 2.40. The van der Waals surface area contributed by atoms with Crippen LogP contribution in [0.3, 0.4) is 0 Å². The summed E-state index contributed by atoms with van der Waals surface area (Å²) in [5.74, 6) is 1.43.